The largest absolute Gasteiger partial charge is 0.457 e. The summed E-state index contributed by atoms with van der Waals surface area (Å²) in [4.78, 5) is 23.4. The lowest BCUT2D eigenvalue weighted by atomic mass is 10.0. The molecule has 0 atom stereocenters. The lowest BCUT2D eigenvalue weighted by Crippen LogP contribution is -2.31. The quantitative estimate of drug-likeness (QED) is 0.468. The molecule has 32 heavy (non-hydrogen) atoms. The van der Waals surface area contributed by atoms with Crippen molar-refractivity contribution in [2.75, 3.05) is 6.54 Å². The predicted octanol–water partition coefficient (Wildman–Crippen LogP) is 2.92. The van der Waals surface area contributed by atoms with Crippen molar-refractivity contribution in [3.8, 4) is 12.0 Å². The summed E-state index contributed by atoms with van der Waals surface area (Å²) in [5.74, 6) is 0.307. The van der Waals surface area contributed by atoms with Gasteiger partial charge in [0.1, 0.15) is 6.61 Å². The Kier molecular flexibility index (Phi) is 4.23. The van der Waals surface area contributed by atoms with Gasteiger partial charge in [-0.2, -0.15) is 15.0 Å². The monoisotopic (exact) mass is 422 g/mol. The summed E-state index contributed by atoms with van der Waals surface area (Å²) >= 11 is 0. The summed E-state index contributed by atoms with van der Waals surface area (Å²) in [7, 11) is 0. The van der Waals surface area contributed by atoms with Gasteiger partial charge in [0.15, 0.2) is 0 Å². The molecule has 8 nitrogen and oxygen atoms in total. The van der Waals surface area contributed by atoms with Gasteiger partial charge in [0, 0.05) is 48.8 Å². The van der Waals surface area contributed by atoms with Crippen LogP contribution in [-0.2, 0) is 30.9 Å². The van der Waals surface area contributed by atoms with Crippen LogP contribution in [0.4, 0.5) is 0 Å². The van der Waals surface area contributed by atoms with Crippen LogP contribution in [0.25, 0.3) is 16.9 Å². The number of hydrogen-bond donors (Lipinski definition) is 0. The van der Waals surface area contributed by atoms with E-state index in [2.05, 4.69) is 27.1 Å². The average molecular weight is 422 g/mol. The van der Waals surface area contributed by atoms with Gasteiger partial charge in [-0.15, -0.1) is 0 Å². The minimum Gasteiger partial charge on any atom is -0.457 e. The van der Waals surface area contributed by atoms with Gasteiger partial charge in [0.25, 0.3) is 5.95 Å². The molecular weight excluding hydrogens is 404 g/mol. The summed E-state index contributed by atoms with van der Waals surface area (Å²) in [5.41, 5.74) is 6.44. The van der Waals surface area contributed by atoms with Crippen molar-refractivity contribution in [1.82, 2.24) is 24.6 Å². The maximum Gasteiger partial charge on any atom is 0.338 e. The number of ether oxygens (including phenoxy) is 1. The van der Waals surface area contributed by atoms with E-state index in [9.17, 15) is 4.79 Å². The number of nitrogens with zero attached hydrogens (tertiary/aromatic N) is 6. The summed E-state index contributed by atoms with van der Waals surface area (Å²) in [5, 5.41) is 14.4. The molecule has 0 amide bonds. The molecule has 8 heteroatoms. The van der Waals surface area contributed by atoms with E-state index in [1.807, 2.05) is 30.5 Å². The number of nitriles is 1. The zero-order valence-electron chi connectivity index (χ0n) is 17.2. The molecule has 0 fully saturated rings. The van der Waals surface area contributed by atoms with Gasteiger partial charge in [-0.3, -0.25) is 4.90 Å². The molecular formula is C24H18N6O2. The fourth-order valence-electron chi connectivity index (χ4n) is 4.41. The molecule has 2 aromatic heterocycles. The highest BCUT2D eigenvalue weighted by atomic mass is 16.5. The molecule has 0 radical (unpaired) electrons. The van der Waals surface area contributed by atoms with Gasteiger partial charge in [-0.25, -0.2) is 14.8 Å². The molecule has 4 aromatic rings. The van der Waals surface area contributed by atoms with Crippen LogP contribution in [0, 0.1) is 11.3 Å². The molecule has 0 spiro atoms. The van der Waals surface area contributed by atoms with Crippen molar-refractivity contribution >= 4 is 16.9 Å². The maximum absolute atomic E-state index is 11.7. The highest BCUT2D eigenvalue weighted by Crippen LogP contribution is 2.24. The van der Waals surface area contributed by atoms with Gasteiger partial charge in [-0.05, 0) is 29.8 Å². The number of esters is 1. The van der Waals surface area contributed by atoms with Crippen LogP contribution < -0.4 is 0 Å². The number of rotatable bonds is 3. The van der Waals surface area contributed by atoms with Crippen LogP contribution in [-0.4, -0.2) is 37.2 Å². The second-order valence-electron chi connectivity index (χ2n) is 8.11. The van der Waals surface area contributed by atoms with Crippen molar-refractivity contribution < 1.29 is 9.53 Å². The number of hydrogen-bond acceptors (Lipinski definition) is 7. The fourth-order valence-corrected chi connectivity index (χ4v) is 4.41. The standard InChI is InChI=1S/C24H18N6O2/c25-9-15-2-4-22-17(7-15)11-27-30(22)24-26-10-19-13-29(6-5-21(19)28-24)12-16-1-3-20-18(8-16)14-32-23(20)31/h1-4,7-8,10-11H,5-6,12-14H2. The molecule has 0 aliphatic carbocycles. The minimum absolute atomic E-state index is 0.234. The number of benzene rings is 2. The van der Waals surface area contributed by atoms with Gasteiger partial charge in [0.05, 0.1) is 34.6 Å². The summed E-state index contributed by atoms with van der Waals surface area (Å²) in [6.07, 6.45) is 4.45. The van der Waals surface area contributed by atoms with Crippen LogP contribution in [0.15, 0.2) is 48.8 Å². The van der Waals surface area contributed by atoms with Gasteiger partial charge < -0.3 is 4.74 Å². The van der Waals surface area contributed by atoms with Crippen molar-refractivity contribution in [3.05, 3.63) is 82.3 Å². The Morgan fingerprint density at radius 2 is 2.06 bits per heavy atom. The number of cyclic esters (lactones) is 1. The van der Waals surface area contributed by atoms with E-state index < -0.39 is 0 Å². The Morgan fingerprint density at radius 3 is 2.97 bits per heavy atom. The first-order chi connectivity index (χ1) is 15.7. The maximum atomic E-state index is 11.7. The first kappa shape index (κ1) is 18.7. The molecule has 0 saturated carbocycles. The Morgan fingerprint density at radius 1 is 1.12 bits per heavy atom. The van der Waals surface area contributed by atoms with E-state index in [4.69, 9.17) is 15.0 Å². The van der Waals surface area contributed by atoms with E-state index in [0.717, 1.165) is 53.8 Å². The molecule has 0 bridgehead atoms. The first-order valence-corrected chi connectivity index (χ1v) is 10.4. The van der Waals surface area contributed by atoms with Crippen LogP contribution in [0.5, 0.6) is 0 Å². The third kappa shape index (κ3) is 3.11. The number of carbonyl (C=O) groups excluding carboxylic acids is 1. The predicted molar refractivity (Wildman–Crippen MR) is 115 cm³/mol. The highest BCUT2D eigenvalue weighted by molar-refractivity contribution is 5.93. The molecule has 2 aromatic carbocycles. The Bertz CT molecular complexity index is 1430. The van der Waals surface area contributed by atoms with Crippen molar-refractivity contribution in [2.45, 2.75) is 26.1 Å². The lowest BCUT2D eigenvalue weighted by Gasteiger charge is -2.28. The molecule has 156 valence electrons. The van der Waals surface area contributed by atoms with E-state index >= 15 is 0 Å². The fraction of sp³-hybridized carbons (Fsp3) is 0.208. The van der Waals surface area contributed by atoms with Crippen molar-refractivity contribution in [1.29, 1.82) is 5.26 Å². The van der Waals surface area contributed by atoms with Gasteiger partial charge in [0.2, 0.25) is 0 Å². The van der Waals surface area contributed by atoms with Crippen LogP contribution in [0.2, 0.25) is 0 Å². The summed E-state index contributed by atoms with van der Waals surface area (Å²) in [6.45, 7) is 2.82. The first-order valence-electron chi connectivity index (χ1n) is 10.4. The Hall–Kier alpha value is -4.09. The van der Waals surface area contributed by atoms with Crippen LogP contribution >= 0.6 is 0 Å². The average Bonchev–Trinajstić information content (AvgIpc) is 3.41. The minimum atomic E-state index is -0.234. The molecule has 6 rings (SSSR count). The SMILES string of the molecule is N#Cc1ccc2c(cnn2-c2ncc3c(n2)CCN(Cc2ccc4c(c2)COC4=O)C3)c1. The number of fused-ring (bicyclic) bond motifs is 3. The Labute approximate surface area is 183 Å². The second-order valence-corrected chi connectivity index (χ2v) is 8.11. The van der Waals surface area contributed by atoms with Crippen molar-refractivity contribution in [3.63, 3.8) is 0 Å². The normalized spacial score (nSPS) is 15.3. The molecule has 0 saturated heterocycles. The van der Waals surface area contributed by atoms with E-state index in [0.29, 0.717) is 23.7 Å². The van der Waals surface area contributed by atoms with E-state index in [1.54, 1.807) is 16.9 Å². The topological polar surface area (TPSA) is 96.9 Å². The molecule has 2 aliphatic heterocycles. The molecule has 4 heterocycles. The van der Waals surface area contributed by atoms with Crippen molar-refractivity contribution in [2.24, 2.45) is 0 Å². The summed E-state index contributed by atoms with van der Waals surface area (Å²) in [6, 6.07) is 13.5. The molecule has 2 aliphatic rings. The Balaban J connectivity index is 1.22. The smallest absolute Gasteiger partial charge is 0.338 e. The van der Waals surface area contributed by atoms with Crippen LogP contribution in [0.1, 0.15) is 38.3 Å². The number of aromatic nitrogens is 4. The van der Waals surface area contributed by atoms with Gasteiger partial charge >= 0.3 is 5.97 Å². The number of carbonyl (C=O) groups is 1. The third-order valence-electron chi connectivity index (χ3n) is 6.04. The second kappa shape index (κ2) is 7.25. The zero-order valence-corrected chi connectivity index (χ0v) is 17.2. The van der Waals surface area contributed by atoms with Crippen LogP contribution in [0.3, 0.4) is 0 Å². The lowest BCUT2D eigenvalue weighted by molar-refractivity contribution is 0.0535. The molecule has 0 unspecified atom stereocenters. The van der Waals surface area contributed by atoms with E-state index in [-0.39, 0.29) is 5.97 Å². The van der Waals surface area contributed by atoms with Gasteiger partial charge in [-0.1, -0.05) is 12.1 Å². The van der Waals surface area contributed by atoms with E-state index in [1.165, 1.54) is 5.56 Å². The highest BCUT2D eigenvalue weighted by Gasteiger charge is 2.23. The third-order valence-corrected chi connectivity index (χ3v) is 6.04. The molecule has 0 N–H and O–H groups in total. The zero-order chi connectivity index (χ0) is 21.7. The summed E-state index contributed by atoms with van der Waals surface area (Å²) < 4.78 is 6.82.